The molecule has 5 nitrogen and oxygen atoms in total. The summed E-state index contributed by atoms with van der Waals surface area (Å²) in [5.41, 5.74) is 3.01. The predicted molar refractivity (Wildman–Crippen MR) is 110 cm³/mol. The van der Waals surface area contributed by atoms with Crippen LogP contribution in [0.5, 0.6) is 0 Å². The van der Waals surface area contributed by atoms with Gasteiger partial charge in [0.1, 0.15) is 5.82 Å². The van der Waals surface area contributed by atoms with Gasteiger partial charge in [-0.2, -0.15) is 0 Å². The Hall–Kier alpha value is -2.99. The van der Waals surface area contributed by atoms with Crippen molar-refractivity contribution >= 4 is 28.8 Å². The summed E-state index contributed by atoms with van der Waals surface area (Å²) < 4.78 is 0. The van der Waals surface area contributed by atoms with Crippen molar-refractivity contribution in [2.45, 2.75) is 26.7 Å². The number of nitrogens with one attached hydrogen (secondary N) is 1. The minimum absolute atomic E-state index is 0.249. The average Bonchev–Trinajstić information content (AvgIpc) is 3.10. The fourth-order valence-electron chi connectivity index (χ4n) is 2.78. The van der Waals surface area contributed by atoms with E-state index in [1.807, 2.05) is 12.1 Å². The van der Waals surface area contributed by atoms with Gasteiger partial charge in [0, 0.05) is 21.8 Å². The number of nitrogens with zero attached hydrogens (tertiary/aromatic N) is 2. The van der Waals surface area contributed by atoms with E-state index in [-0.39, 0.29) is 5.56 Å². The number of carbonyl (C=O) groups is 1. The van der Waals surface area contributed by atoms with Gasteiger partial charge in [-0.05, 0) is 56.2 Å². The van der Waals surface area contributed by atoms with E-state index in [9.17, 15) is 4.79 Å². The number of carboxylic acids is 1. The van der Waals surface area contributed by atoms with Gasteiger partial charge in [0.15, 0.2) is 5.82 Å². The van der Waals surface area contributed by atoms with Crippen LogP contribution in [-0.4, -0.2) is 21.0 Å². The zero-order valence-electron chi connectivity index (χ0n) is 15.3. The molecule has 0 fully saturated rings. The molecule has 2 N–H and O–H groups in total. The smallest absolute Gasteiger partial charge is 0.335 e. The maximum absolute atomic E-state index is 11.0. The van der Waals surface area contributed by atoms with Gasteiger partial charge in [-0.1, -0.05) is 13.0 Å². The molecule has 6 heteroatoms. The SMILES string of the molecule is C=CCc1c(CC)nc(-c2ccc(C)s2)nc1Nc1ccc(C(=O)O)cc1. The molecule has 0 saturated carbocycles. The molecule has 0 amide bonds. The lowest BCUT2D eigenvalue weighted by Crippen LogP contribution is -2.07. The van der Waals surface area contributed by atoms with Crippen LogP contribution in [0.3, 0.4) is 0 Å². The first kappa shape index (κ1) is 18.8. The molecule has 0 aliphatic rings. The summed E-state index contributed by atoms with van der Waals surface area (Å²) in [7, 11) is 0. The second-order valence-electron chi connectivity index (χ2n) is 6.09. The molecule has 1 aromatic carbocycles. The van der Waals surface area contributed by atoms with Crippen molar-refractivity contribution in [2.24, 2.45) is 0 Å². The molecule has 0 aliphatic heterocycles. The molecule has 138 valence electrons. The Balaban J connectivity index is 2.04. The highest BCUT2D eigenvalue weighted by Crippen LogP contribution is 2.30. The van der Waals surface area contributed by atoms with Crippen LogP contribution in [0, 0.1) is 6.92 Å². The molecule has 27 heavy (non-hydrogen) atoms. The van der Waals surface area contributed by atoms with Crippen LogP contribution in [0.4, 0.5) is 11.5 Å². The van der Waals surface area contributed by atoms with Crippen molar-refractivity contribution in [3.05, 3.63) is 70.8 Å². The van der Waals surface area contributed by atoms with E-state index in [1.54, 1.807) is 35.6 Å². The molecular weight excluding hydrogens is 358 g/mol. The van der Waals surface area contributed by atoms with Gasteiger partial charge < -0.3 is 10.4 Å². The molecule has 0 saturated heterocycles. The number of carboxylic acid groups (broad SMARTS) is 1. The van der Waals surface area contributed by atoms with E-state index in [2.05, 4.69) is 31.8 Å². The van der Waals surface area contributed by atoms with E-state index in [4.69, 9.17) is 15.1 Å². The van der Waals surface area contributed by atoms with Gasteiger partial charge in [0.2, 0.25) is 0 Å². The zero-order valence-corrected chi connectivity index (χ0v) is 16.1. The number of hydrogen-bond acceptors (Lipinski definition) is 5. The van der Waals surface area contributed by atoms with Crippen molar-refractivity contribution in [3.8, 4) is 10.7 Å². The minimum atomic E-state index is -0.945. The summed E-state index contributed by atoms with van der Waals surface area (Å²) in [6.07, 6.45) is 3.28. The monoisotopic (exact) mass is 379 g/mol. The molecule has 0 aliphatic carbocycles. The highest BCUT2D eigenvalue weighted by atomic mass is 32.1. The van der Waals surface area contributed by atoms with Gasteiger partial charge in [-0.3, -0.25) is 0 Å². The highest BCUT2D eigenvalue weighted by molar-refractivity contribution is 7.15. The molecule has 0 spiro atoms. The lowest BCUT2D eigenvalue weighted by molar-refractivity contribution is 0.0697. The lowest BCUT2D eigenvalue weighted by atomic mass is 10.1. The van der Waals surface area contributed by atoms with Crippen LogP contribution in [0.15, 0.2) is 49.1 Å². The number of aromatic carboxylic acids is 1. The number of benzene rings is 1. The van der Waals surface area contributed by atoms with E-state index in [0.29, 0.717) is 12.2 Å². The van der Waals surface area contributed by atoms with Crippen LogP contribution >= 0.6 is 11.3 Å². The quantitative estimate of drug-likeness (QED) is 0.549. The minimum Gasteiger partial charge on any atom is -0.478 e. The van der Waals surface area contributed by atoms with E-state index < -0.39 is 5.97 Å². The summed E-state index contributed by atoms with van der Waals surface area (Å²) >= 11 is 1.66. The molecule has 3 rings (SSSR count). The first-order valence-electron chi connectivity index (χ1n) is 8.69. The van der Waals surface area contributed by atoms with Crippen LogP contribution in [0.2, 0.25) is 0 Å². The van der Waals surface area contributed by atoms with E-state index >= 15 is 0 Å². The number of anilines is 2. The van der Waals surface area contributed by atoms with E-state index in [1.165, 1.54) is 4.88 Å². The third kappa shape index (κ3) is 4.23. The second-order valence-corrected chi connectivity index (χ2v) is 7.37. The molecule has 2 heterocycles. The molecular formula is C21H21N3O2S. The summed E-state index contributed by atoms with van der Waals surface area (Å²) in [6.45, 7) is 7.98. The zero-order chi connectivity index (χ0) is 19.4. The Morgan fingerprint density at radius 2 is 1.96 bits per heavy atom. The summed E-state index contributed by atoms with van der Waals surface area (Å²) in [5, 5.41) is 12.4. The number of allylic oxidation sites excluding steroid dienone is 1. The number of thiophene rings is 1. The van der Waals surface area contributed by atoms with Gasteiger partial charge in [0.05, 0.1) is 10.4 Å². The average molecular weight is 379 g/mol. The summed E-state index contributed by atoms with van der Waals surface area (Å²) in [4.78, 5) is 22.8. The largest absolute Gasteiger partial charge is 0.478 e. The Labute approximate surface area is 162 Å². The first-order valence-corrected chi connectivity index (χ1v) is 9.51. The molecule has 0 radical (unpaired) electrons. The summed E-state index contributed by atoms with van der Waals surface area (Å²) in [5.74, 6) is 0.479. The topological polar surface area (TPSA) is 75.1 Å². The van der Waals surface area contributed by atoms with Gasteiger partial charge >= 0.3 is 5.97 Å². The predicted octanol–water partition coefficient (Wildman–Crippen LogP) is 5.25. The van der Waals surface area contributed by atoms with Gasteiger partial charge in [-0.15, -0.1) is 17.9 Å². The number of aromatic nitrogens is 2. The lowest BCUT2D eigenvalue weighted by Gasteiger charge is -2.15. The Kier molecular flexibility index (Phi) is 5.66. The van der Waals surface area contributed by atoms with Crippen molar-refractivity contribution in [2.75, 3.05) is 5.32 Å². The fraction of sp³-hybridized carbons (Fsp3) is 0.190. The molecule has 0 unspecified atom stereocenters. The third-order valence-corrected chi connectivity index (χ3v) is 5.13. The van der Waals surface area contributed by atoms with Crippen molar-refractivity contribution in [1.29, 1.82) is 0 Å². The Morgan fingerprint density at radius 1 is 1.22 bits per heavy atom. The van der Waals surface area contributed by atoms with Gasteiger partial charge in [-0.25, -0.2) is 14.8 Å². The maximum Gasteiger partial charge on any atom is 0.335 e. The third-order valence-electron chi connectivity index (χ3n) is 4.13. The molecule has 3 aromatic rings. The first-order chi connectivity index (χ1) is 13.0. The van der Waals surface area contributed by atoms with Crippen LogP contribution < -0.4 is 5.32 Å². The fourth-order valence-corrected chi connectivity index (χ4v) is 3.58. The number of hydrogen-bond donors (Lipinski definition) is 2. The van der Waals surface area contributed by atoms with Gasteiger partial charge in [0.25, 0.3) is 0 Å². The Morgan fingerprint density at radius 3 is 2.52 bits per heavy atom. The van der Waals surface area contributed by atoms with Crippen LogP contribution in [-0.2, 0) is 12.8 Å². The maximum atomic E-state index is 11.0. The molecule has 2 aromatic heterocycles. The second kappa shape index (κ2) is 8.14. The Bertz CT molecular complexity index is 978. The normalized spacial score (nSPS) is 10.6. The van der Waals surface area contributed by atoms with Crippen molar-refractivity contribution < 1.29 is 9.90 Å². The standard InChI is InChI=1S/C21H21N3O2S/c1-4-6-16-17(5-2)23-20(18-12-7-13(3)27-18)24-19(16)22-15-10-8-14(9-11-15)21(25)26/h4,7-12H,1,5-6H2,2-3H3,(H,25,26)(H,22,23,24). The molecule has 0 bridgehead atoms. The van der Waals surface area contributed by atoms with Crippen molar-refractivity contribution in [3.63, 3.8) is 0 Å². The highest BCUT2D eigenvalue weighted by Gasteiger charge is 2.15. The van der Waals surface area contributed by atoms with Crippen molar-refractivity contribution in [1.82, 2.24) is 9.97 Å². The number of aryl methyl sites for hydroxylation is 2. The summed E-state index contributed by atoms with van der Waals surface area (Å²) in [6, 6.07) is 10.7. The van der Waals surface area contributed by atoms with Crippen LogP contribution in [0.1, 0.15) is 33.4 Å². The van der Waals surface area contributed by atoms with E-state index in [0.717, 1.165) is 34.1 Å². The van der Waals surface area contributed by atoms with Crippen LogP contribution in [0.25, 0.3) is 10.7 Å². The number of rotatable bonds is 7. The molecule has 0 atom stereocenters.